The van der Waals surface area contributed by atoms with Gasteiger partial charge in [0.1, 0.15) is 0 Å². The number of hydrogen-bond donors (Lipinski definition) is 1. The largest absolute Gasteiger partial charge is 0.494 e. The molecule has 2 heterocycles. The highest BCUT2D eigenvalue weighted by Gasteiger charge is 2.17. The molecule has 3 rings (SSSR count). The third kappa shape index (κ3) is 3.67. The van der Waals surface area contributed by atoms with E-state index in [1.807, 2.05) is 28.3 Å². The van der Waals surface area contributed by atoms with Crippen molar-refractivity contribution in [3.05, 3.63) is 57.2 Å². The molecule has 0 radical (unpaired) electrons. The van der Waals surface area contributed by atoms with Gasteiger partial charge in [0.15, 0.2) is 11.6 Å². The van der Waals surface area contributed by atoms with Gasteiger partial charge < -0.3 is 4.74 Å². The van der Waals surface area contributed by atoms with E-state index in [-0.39, 0.29) is 17.2 Å². The van der Waals surface area contributed by atoms with Crippen LogP contribution in [0.5, 0.6) is 5.75 Å². The van der Waals surface area contributed by atoms with E-state index in [2.05, 4.69) is 4.72 Å². The smallest absolute Gasteiger partial charge is 0.241 e. The number of methoxy groups -OCH3 is 1. The maximum atomic E-state index is 13.7. The summed E-state index contributed by atoms with van der Waals surface area (Å²) < 4.78 is 45.5. The minimum Gasteiger partial charge on any atom is -0.494 e. The van der Waals surface area contributed by atoms with E-state index in [1.165, 1.54) is 30.6 Å². The zero-order chi connectivity index (χ0) is 17.2. The van der Waals surface area contributed by atoms with Gasteiger partial charge in [0, 0.05) is 11.4 Å². The van der Waals surface area contributed by atoms with Crippen molar-refractivity contribution < 1.29 is 17.5 Å². The molecular formula is C16H14FNO3S3. The first-order valence-electron chi connectivity index (χ1n) is 6.93. The van der Waals surface area contributed by atoms with Crippen LogP contribution in [0, 0.1) is 5.82 Å². The van der Waals surface area contributed by atoms with Gasteiger partial charge in [-0.3, -0.25) is 0 Å². The number of thiophene rings is 2. The summed E-state index contributed by atoms with van der Waals surface area (Å²) in [7, 11) is -2.46. The van der Waals surface area contributed by atoms with Crippen LogP contribution in [-0.4, -0.2) is 15.5 Å². The van der Waals surface area contributed by atoms with E-state index >= 15 is 0 Å². The van der Waals surface area contributed by atoms with E-state index in [4.69, 9.17) is 4.74 Å². The van der Waals surface area contributed by atoms with E-state index in [9.17, 15) is 12.8 Å². The number of benzene rings is 1. The van der Waals surface area contributed by atoms with E-state index in [1.54, 1.807) is 11.3 Å². The van der Waals surface area contributed by atoms with Gasteiger partial charge >= 0.3 is 0 Å². The third-order valence-electron chi connectivity index (χ3n) is 3.38. The van der Waals surface area contributed by atoms with Crippen molar-refractivity contribution in [1.82, 2.24) is 4.72 Å². The van der Waals surface area contributed by atoms with Crippen molar-refractivity contribution in [2.24, 2.45) is 0 Å². The average molecular weight is 383 g/mol. The van der Waals surface area contributed by atoms with Crippen LogP contribution in [0.15, 0.2) is 51.4 Å². The van der Waals surface area contributed by atoms with Gasteiger partial charge in [0.05, 0.1) is 12.0 Å². The predicted molar refractivity (Wildman–Crippen MR) is 94.6 cm³/mol. The molecule has 0 bridgehead atoms. The highest BCUT2D eigenvalue weighted by Crippen LogP contribution is 2.27. The van der Waals surface area contributed by atoms with E-state index in [0.717, 1.165) is 22.1 Å². The summed E-state index contributed by atoms with van der Waals surface area (Å²) in [6.07, 6.45) is 0. The van der Waals surface area contributed by atoms with Crippen LogP contribution in [0.2, 0.25) is 0 Å². The van der Waals surface area contributed by atoms with Crippen LogP contribution >= 0.6 is 22.7 Å². The lowest BCUT2D eigenvalue weighted by Gasteiger charge is -2.07. The highest BCUT2D eigenvalue weighted by atomic mass is 32.2. The van der Waals surface area contributed by atoms with Crippen LogP contribution in [0.1, 0.15) is 4.88 Å². The minimum atomic E-state index is -3.79. The number of rotatable bonds is 6. The highest BCUT2D eigenvalue weighted by molar-refractivity contribution is 7.89. The van der Waals surface area contributed by atoms with Gasteiger partial charge in [-0.25, -0.2) is 17.5 Å². The molecule has 0 saturated carbocycles. The Labute approximate surface area is 147 Å². The Balaban J connectivity index is 1.72. The molecule has 1 N–H and O–H groups in total. The molecule has 4 nitrogen and oxygen atoms in total. The number of nitrogens with one attached hydrogen (secondary N) is 1. The number of ether oxygens (including phenoxy) is 1. The van der Waals surface area contributed by atoms with Crippen molar-refractivity contribution in [3.63, 3.8) is 0 Å². The van der Waals surface area contributed by atoms with Crippen molar-refractivity contribution in [1.29, 1.82) is 0 Å². The molecular weight excluding hydrogens is 369 g/mol. The monoisotopic (exact) mass is 383 g/mol. The summed E-state index contributed by atoms with van der Waals surface area (Å²) in [5.41, 5.74) is 2.17. The zero-order valence-electron chi connectivity index (χ0n) is 12.7. The molecule has 0 spiro atoms. The van der Waals surface area contributed by atoms with Crippen LogP contribution in [0.25, 0.3) is 11.1 Å². The Morgan fingerprint density at radius 2 is 2.00 bits per heavy atom. The topological polar surface area (TPSA) is 55.4 Å². The summed E-state index contributed by atoms with van der Waals surface area (Å²) in [6, 6.07) is 7.52. The van der Waals surface area contributed by atoms with E-state index < -0.39 is 15.8 Å². The molecule has 0 unspecified atom stereocenters. The van der Waals surface area contributed by atoms with Crippen molar-refractivity contribution in [2.45, 2.75) is 11.4 Å². The lowest BCUT2D eigenvalue weighted by atomic mass is 10.2. The molecule has 3 aromatic rings. The second-order valence-electron chi connectivity index (χ2n) is 4.93. The maximum Gasteiger partial charge on any atom is 0.241 e. The Morgan fingerprint density at radius 1 is 1.17 bits per heavy atom. The molecule has 126 valence electrons. The van der Waals surface area contributed by atoms with Crippen LogP contribution in [-0.2, 0) is 16.6 Å². The first-order chi connectivity index (χ1) is 11.5. The number of hydrogen-bond acceptors (Lipinski definition) is 5. The molecule has 0 atom stereocenters. The molecule has 8 heteroatoms. The molecule has 24 heavy (non-hydrogen) atoms. The molecule has 0 aliphatic heterocycles. The van der Waals surface area contributed by atoms with E-state index in [0.29, 0.717) is 0 Å². The summed E-state index contributed by atoms with van der Waals surface area (Å²) in [5.74, 6) is -0.705. The molecule has 0 saturated heterocycles. The van der Waals surface area contributed by atoms with Gasteiger partial charge in [-0.1, -0.05) is 0 Å². The lowest BCUT2D eigenvalue weighted by molar-refractivity contribution is 0.385. The predicted octanol–water partition coefficient (Wildman–Crippen LogP) is 4.10. The summed E-state index contributed by atoms with van der Waals surface area (Å²) in [5, 5.41) is 6.02. The molecule has 0 fully saturated rings. The molecule has 0 amide bonds. The van der Waals surface area contributed by atoms with Crippen LogP contribution < -0.4 is 9.46 Å². The van der Waals surface area contributed by atoms with Crippen molar-refractivity contribution in [2.75, 3.05) is 7.11 Å². The van der Waals surface area contributed by atoms with Gasteiger partial charge in [-0.15, -0.1) is 11.3 Å². The number of sulfonamides is 1. The fourth-order valence-electron chi connectivity index (χ4n) is 2.12. The Hall–Kier alpha value is -1.74. The Kier molecular flexibility index (Phi) is 5.00. The first-order valence-corrected chi connectivity index (χ1v) is 10.2. The number of halogens is 1. The molecule has 0 aliphatic rings. The molecule has 2 aromatic heterocycles. The fraction of sp³-hybridized carbons (Fsp3) is 0.125. The fourth-order valence-corrected chi connectivity index (χ4v) is 4.72. The zero-order valence-corrected chi connectivity index (χ0v) is 15.1. The Bertz CT molecular complexity index is 933. The quantitative estimate of drug-likeness (QED) is 0.697. The first kappa shape index (κ1) is 17.1. The van der Waals surface area contributed by atoms with Crippen LogP contribution in [0.3, 0.4) is 0 Å². The third-order valence-corrected chi connectivity index (χ3v) is 6.40. The lowest BCUT2D eigenvalue weighted by Crippen LogP contribution is -2.22. The Morgan fingerprint density at radius 3 is 2.67 bits per heavy atom. The second-order valence-corrected chi connectivity index (χ2v) is 8.48. The summed E-state index contributed by atoms with van der Waals surface area (Å²) in [6.45, 7) is 0.158. The second kappa shape index (κ2) is 7.02. The van der Waals surface area contributed by atoms with Crippen molar-refractivity contribution >= 4 is 32.7 Å². The SMILES string of the molecule is COc1ccc(S(=O)(=O)NCc2cc(-c3ccsc3)cs2)cc1F. The van der Waals surface area contributed by atoms with Gasteiger partial charge in [0.25, 0.3) is 0 Å². The average Bonchev–Trinajstić information content (AvgIpc) is 3.24. The minimum absolute atomic E-state index is 0.00705. The standard InChI is InChI=1S/C16H14FNO3S3/c1-21-16-3-2-14(7-15(16)17)24(19,20)18-8-13-6-12(10-23-13)11-4-5-22-9-11/h2-7,9-10,18H,8H2,1H3. The normalized spacial score (nSPS) is 11.6. The molecule has 0 aliphatic carbocycles. The van der Waals surface area contributed by atoms with Gasteiger partial charge in [-0.2, -0.15) is 11.3 Å². The van der Waals surface area contributed by atoms with Gasteiger partial charge in [0.2, 0.25) is 10.0 Å². The summed E-state index contributed by atoms with van der Waals surface area (Å²) >= 11 is 3.09. The molecule has 1 aromatic carbocycles. The summed E-state index contributed by atoms with van der Waals surface area (Å²) in [4.78, 5) is 0.754. The maximum absolute atomic E-state index is 13.7. The van der Waals surface area contributed by atoms with Crippen LogP contribution in [0.4, 0.5) is 4.39 Å². The van der Waals surface area contributed by atoms with Crippen molar-refractivity contribution in [3.8, 4) is 16.9 Å². The van der Waals surface area contributed by atoms with Gasteiger partial charge in [-0.05, 0) is 57.6 Å².